The van der Waals surface area contributed by atoms with Gasteiger partial charge >= 0.3 is 0 Å². The molecule has 0 aliphatic carbocycles. The third-order valence-electron chi connectivity index (χ3n) is 2.69. The molecule has 0 fully saturated rings. The number of aryl methyl sites for hydroxylation is 1. The van der Waals surface area contributed by atoms with Crippen molar-refractivity contribution in [3.63, 3.8) is 0 Å². The molecule has 0 aliphatic rings. The first-order chi connectivity index (χ1) is 7.86. The summed E-state index contributed by atoms with van der Waals surface area (Å²) in [5, 5.41) is 12.3. The molecule has 5 heteroatoms. The summed E-state index contributed by atoms with van der Waals surface area (Å²) in [6, 6.07) is 5.05. The fourth-order valence-corrected chi connectivity index (χ4v) is 1.65. The van der Waals surface area contributed by atoms with E-state index in [0.29, 0.717) is 12.1 Å². The molecule has 1 amide bonds. The van der Waals surface area contributed by atoms with E-state index in [2.05, 4.69) is 5.32 Å². The number of phenolic OH excluding ortho intramolecular Hbond substituents is 1. The molecule has 102 valence electrons. The minimum Gasteiger partial charge on any atom is -0.506 e. The SMILES string of the molecule is CCCC(C)(N)C(=O)Nc1cc(C)ccc1O.Cl. The maximum Gasteiger partial charge on any atom is 0.244 e. The number of carbonyl (C=O) groups excluding carboxylic acids is 1. The fourth-order valence-electron chi connectivity index (χ4n) is 1.65. The number of aromatic hydroxyl groups is 1. The predicted octanol–water partition coefficient (Wildman–Crippen LogP) is 2.58. The van der Waals surface area contributed by atoms with Crippen molar-refractivity contribution in [1.82, 2.24) is 0 Å². The molecule has 0 heterocycles. The Kier molecular flexibility index (Phi) is 6.15. The molecular formula is C13H21ClN2O2. The molecule has 0 bridgehead atoms. The summed E-state index contributed by atoms with van der Waals surface area (Å²) in [5.41, 5.74) is 6.37. The molecule has 4 N–H and O–H groups in total. The lowest BCUT2D eigenvalue weighted by molar-refractivity contribution is -0.120. The number of anilines is 1. The van der Waals surface area contributed by atoms with Crippen LogP contribution in [-0.4, -0.2) is 16.6 Å². The van der Waals surface area contributed by atoms with Crippen molar-refractivity contribution in [2.24, 2.45) is 5.73 Å². The third-order valence-corrected chi connectivity index (χ3v) is 2.69. The molecule has 0 aromatic heterocycles. The summed E-state index contributed by atoms with van der Waals surface area (Å²) in [6.07, 6.45) is 1.44. The van der Waals surface area contributed by atoms with Crippen LogP contribution in [0, 0.1) is 6.92 Å². The van der Waals surface area contributed by atoms with E-state index in [0.717, 1.165) is 12.0 Å². The molecule has 1 aromatic carbocycles. The van der Waals surface area contributed by atoms with Crippen LogP contribution in [0.5, 0.6) is 5.75 Å². The summed E-state index contributed by atoms with van der Waals surface area (Å²) >= 11 is 0. The van der Waals surface area contributed by atoms with Gasteiger partial charge in [0.05, 0.1) is 11.2 Å². The van der Waals surface area contributed by atoms with Crippen molar-refractivity contribution in [3.8, 4) is 5.75 Å². The van der Waals surface area contributed by atoms with E-state index in [1.807, 2.05) is 13.8 Å². The minimum atomic E-state index is -0.912. The van der Waals surface area contributed by atoms with Crippen molar-refractivity contribution in [3.05, 3.63) is 23.8 Å². The highest BCUT2D eigenvalue weighted by Gasteiger charge is 2.27. The Labute approximate surface area is 114 Å². The van der Waals surface area contributed by atoms with Gasteiger partial charge in [-0.3, -0.25) is 4.79 Å². The number of hydrogen-bond acceptors (Lipinski definition) is 3. The van der Waals surface area contributed by atoms with Crippen LogP contribution < -0.4 is 11.1 Å². The van der Waals surface area contributed by atoms with E-state index in [1.165, 1.54) is 0 Å². The van der Waals surface area contributed by atoms with Crippen LogP contribution in [0.15, 0.2) is 18.2 Å². The standard InChI is InChI=1S/C13H20N2O2.ClH/c1-4-7-13(3,14)12(17)15-10-8-9(2)5-6-11(10)16;/h5-6,8,16H,4,7,14H2,1-3H3,(H,15,17);1H. The Balaban J connectivity index is 0.00000289. The number of rotatable bonds is 4. The van der Waals surface area contributed by atoms with E-state index in [9.17, 15) is 9.90 Å². The van der Waals surface area contributed by atoms with Gasteiger partial charge in [-0.1, -0.05) is 19.4 Å². The molecule has 1 aromatic rings. The number of carbonyl (C=O) groups is 1. The summed E-state index contributed by atoms with van der Waals surface area (Å²) in [6.45, 7) is 5.56. The summed E-state index contributed by atoms with van der Waals surface area (Å²) in [4.78, 5) is 11.9. The highest BCUT2D eigenvalue weighted by Crippen LogP contribution is 2.25. The summed E-state index contributed by atoms with van der Waals surface area (Å²) in [5.74, 6) is -0.225. The Morgan fingerprint density at radius 2 is 2.11 bits per heavy atom. The third kappa shape index (κ3) is 4.20. The van der Waals surface area contributed by atoms with Gasteiger partial charge in [0.1, 0.15) is 5.75 Å². The van der Waals surface area contributed by atoms with Gasteiger partial charge in [-0.2, -0.15) is 0 Å². The number of amides is 1. The van der Waals surface area contributed by atoms with E-state index in [4.69, 9.17) is 5.73 Å². The molecule has 0 spiro atoms. The second-order valence-electron chi connectivity index (χ2n) is 4.64. The van der Waals surface area contributed by atoms with Crippen molar-refractivity contribution in [2.75, 3.05) is 5.32 Å². The van der Waals surface area contributed by atoms with Gasteiger partial charge in [-0.15, -0.1) is 12.4 Å². The van der Waals surface area contributed by atoms with Gasteiger partial charge < -0.3 is 16.2 Å². The normalized spacial score (nSPS) is 13.3. The highest BCUT2D eigenvalue weighted by atomic mass is 35.5. The molecule has 18 heavy (non-hydrogen) atoms. The number of benzene rings is 1. The molecule has 1 unspecified atom stereocenters. The summed E-state index contributed by atoms with van der Waals surface area (Å²) in [7, 11) is 0. The smallest absolute Gasteiger partial charge is 0.244 e. The van der Waals surface area contributed by atoms with Crippen LogP contribution in [0.4, 0.5) is 5.69 Å². The first-order valence-corrected chi connectivity index (χ1v) is 5.77. The van der Waals surface area contributed by atoms with Crippen LogP contribution in [0.25, 0.3) is 0 Å². The number of phenols is 1. The predicted molar refractivity (Wildman–Crippen MR) is 76.2 cm³/mol. The van der Waals surface area contributed by atoms with Crippen molar-refractivity contribution in [1.29, 1.82) is 0 Å². The monoisotopic (exact) mass is 272 g/mol. The highest BCUT2D eigenvalue weighted by molar-refractivity contribution is 5.98. The Hall–Kier alpha value is -1.26. The first-order valence-electron chi connectivity index (χ1n) is 5.77. The van der Waals surface area contributed by atoms with E-state index in [-0.39, 0.29) is 24.1 Å². The quantitative estimate of drug-likeness (QED) is 0.738. The number of hydrogen-bond donors (Lipinski definition) is 3. The Bertz CT molecular complexity index is 419. The van der Waals surface area contributed by atoms with Gasteiger partial charge in [-0.05, 0) is 38.0 Å². The van der Waals surface area contributed by atoms with Crippen LogP contribution >= 0.6 is 12.4 Å². The zero-order valence-electron chi connectivity index (χ0n) is 11.0. The molecule has 0 radical (unpaired) electrons. The molecule has 1 atom stereocenters. The van der Waals surface area contributed by atoms with Crippen molar-refractivity contribution < 1.29 is 9.90 Å². The number of nitrogens with two attached hydrogens (primary N) is 1. The maximum atomic E-state index is 11.9. The van der Waals surface area contributed by atoms with Gasteiger partial charge in [0, 0.05) is 0 Å². The number of nitrogens with one attached hydrogen (secondary N) is 1. The van der Waals surface area contributed by atoms with Crippen LogP contribution in [-0.2, 0) is 4.79 Å². The molecular weight excluding hydrogens is 252 g/mol. The molecule has 1 rings (SSSR count). The first kappa shape index (κ1) is 16.7. The van der Waals surface area contributed by atoms with Crippen molar-refractivity contribution >= 4 is 24.0 Å². The topological polar surface area (TPSA) is 75.4 Å². The maximum absolute atomic E-state index is 11.9. The second-order valence-corrected chi connectivity index (χ2v) is 4.64. The lowest BCUT2D eigenvalue weighted by atomic mass is 9.96. The number of halogens is 1. The van der Waals surface area contributed by atoms with E-state index >= 15 is 0 Å². The Morgan fingerprint density at radius 3 is 2.67 bits per heavy atom. The molecule has 0 saturated carbocycles. The largest absolute Gasteiger partial charge is 0.506 e. The Morgan fingerprint density at radius 1 is 1.50 bits per heavy atom. The lowest BCUT2D eigenvalue weighted by Gasteiger charge is -2.23. The fraction of sp³-hybridized carbons (Fsp3) is 0.462. The molecule has 0 aliphatic heterocycles. The van der Waals surface area contributed by atoms with Crippen molar-refractivity contribution in [2.45, 2.75) is 39.2 Å². The average molecular weight is 273 g/mol. The zero-order valence-corrected chi connectivity index (χ0v) is 11.8. The summed E-state index contributed by atoms with van der Waals surface area (Å²) < 4.78 is 0. The minimum absolute atomic E-state index is 0. The van der Waals surface area contributed by atoms with E-state index < -0.39 is 5.54 Å². The van der Waals surface area contributed by atoms with Crippen LogP contribution in [0.2, 0.25) is 0 Å². The lowest BCUT2D eigenvalue weighted by Crippen LogP contribution is -2.48. The molecule has 0 saturated heterocycles. The van der Waals surface area contributed by atoms with Gasteiger partial charge in [0.25, 0.3) is 0 Å². The van der Waals surface area contributed by atoms with Gasteiger partial charge in [0.15, 0.2) is 0 Å². The van der Waals surface area contributed by atoms with Crippen LogP contribution in [0.1, 0.15) is 32.3 Å². The second kappa shape index (κ2) is 6.61. The average Bonchev–Trinajstić information content (AvgIpc) is 2.23. The van der Waals surface area contributed by atoms with Crippen LogP contribution in [0.3, 0.4) is 0 Å². The van der Waals surface area contributed by atoms with E-state index in [1.54, 1.807) is 25.1 Å². The van der Waals surface area contributed by atoms with Gasteiger partial charge in [0.2, 0.25) is 5.91 Å². The zero-order chi connectivity index (χ0) is 13.1. The molecule has 4 nitrogen and oxygen atoms in total. The van der Waals surface area contributed by atoms with Gasteiger partial charge in [-0.25, -0.2) is 0 Å².